The van der Waals surface area contributed by atoms with Crippen LogP contribution in [0, 0.1) is 0 Å². The molecule has 0 atom stereocenters. The summed E-state index contributed by atoms with van der Waals surface area (Å²) in [4.78, 5) is 10.3. The van der Waals surface area contributed by atoms with Crippen molar-refractivity contribution < 1.29 is 19.4 Å². The number of aliphatic carboxylic acids is 1. The van der Waals surface area contributed by atoms with Crippen molar-refractivity contribution in [1.29, 1.82) is 1.43 Å². The van der Waals surface area contributed by atoms with Crippen LogP contribution >= 0.6 is 0 Å². The molecule has 5 nitrogen and oxygen atoms in total. The molecule has 0 aromatic carbocycles. The fourth-order valence-electron chi connectivity index (χ4n) is 0.459. The standard InChI is InChI=1S/C6H13NO4/c7-1-2-10-3-4-11-5-6(8)9/h1-5,7H2,(H,8,9)/i/hD. The molecule has 0 aromatic heterocycles. The molecule has 0 unspecified atom stereocenters. The van der Waals surface area contributed by atoms with Crippen LogP contribution in [0.4, 0.5) is 0 Å². The first-order chi connectivity index (χ1) is 5.81. The zero-order valence-electron chi connectivity index (χ0n) is 7.25. The van der Waals surface area contributed by atoms with Crippen molar-refractivity contribution in [3.8, 4) is 0 Å². The molecule has 0 bridgehead atoms. The van der Waals surface area contributed by atoms with Crippen molar-refractivity contribution in [3.63, 3.8) is 0 Å². The van der Waals surface area contributed by atoms with E-state index in [2.05, 4.69) is 5.11 Å². The number of hydrogen-bond acceptors (Lipinski definition) is 5. The highest BCUT2D eigenvalue weighted by molar-refractivity contribution is 5.67. The minimum absolute atomic E-state index is 0.213. The quantitative estimate of drug-likeness (QED) is 0.475. The van der Waals surface area contributed by atoms with E-state index in [4.69, 9.17) is 16.6 Å². The van der Waals surface area contributed by atoms with Crippen molar-refractivity contribution in [2.24, 2.45) is 5.73 Å². The van der Waals surface area contributed by atoms with E-state index in [9.17, 15) is 4.79 Å². The molecule has 0 radical (unpaired) electrons. The number of carboxylic acid groups (broad SMARTS) is 1. The van der Waals surface area contributed by atoms with Gasteiger partial charge in [0.1, 0.15) is 6.61 Å². The van der Waals surface area contributed by atoms with E-state index >= 15 is 0 Å². The van der Waals surface area contributed by atoms with E-state index in [0.717, 1.165) is 0 Å². The first-order valence-electron chi connectivity index (χ1n) is 3.73. The van der Waals surface area contributed by atoms with Crippen LogP contribution in [0.1, 0.15) is 0 Å². The van der Waals surface area contributed by atoms with Gasteiger partial charge in [0.25, 0.3) is 1.43 Å². The summed E-state index contributed by atoms with van der Waals surface area (Å²) in [6.45, 7) is 1.42. The summed E-state index contributed by atoms with van der Waals surface area (Å²) in [5, 5.41) is 3.60. The van der Waals surface area contributed by atoms with Gasteiger partial charge >= 0.3 is 5.97 Å². The minimum atomic E-state index is -0.714. The molecular formula is C6H13NO4. The average Bonchev–Trinajstić information content (AvgIpc) is 2.10. The molecular weight excluding hydrogens is 150 g/mol. The van der Waals surface area contributed by atoms with Gasteiger partial charge in [-0.3, -0.25) is 0 Å². The number of carboxylic acids is 1. The lowest BCUT2D eigenvalue weighted by atomic mass is 10.7. The lowest BCUT2D eigenvalue weighted by molar-refractivity contribution is -0.142. The summed E-state index contributed by atoms with van der Waals surface area (Å²) < 4.78 is 15.9. The summed E-state index contributed by atoms with van der Waals surface area (Å²) in [7, 11) is 0. The Labute approximate surface area is 66.6 Å². The highest BCUT2D eigenvalue weighted by Gasteiger charge is 1.94. The molecule has 0 heterocycles. The zero-order valence-corrected chi connectivity index (χ0v) is 6.25. The van der Waals surface area contributed by atoms with E-state index in [-0.39, 0.29) is 6.61 Å². The summed E-state index contributed by atoms with van der Waals surface area (Å²) in [6, 6.07) is 0. The molecule has 0 saturated heterocycles. The second-order valence-corrected chi connectivity index (χ2v) is 1.83. The Balaban J connectivity index is 2.95. The van der Waals surface area contributed by atoms with Crippen LogP contribution in [0.25, 0.3) is 1.43 Å². The number of rotatable bonds is 7. The summed E-state index contributed by atoms with van der Waals surface area (Å²) >= 11 is 0. The molecule has 0 amide bonds. The normalized spacial score (nSPS) is 10.8. The third kappa shape index (κ3) is 9.35. The van der Waals surface area contributed by atoms with E-state index in [0.29, 0.717) is 26.4 Å². The van der Waals surface area contributed by atoms with Gasteiger partial charge in [-0.15, -0.1) is 0 Å². The van der Waals surface area contributed by atoms with Crippen LogP contribution in [0.2, 0.25) is 0 Å². The third-order valence-corrected chi connectivity index (χ3v) is 0.854. The maximum atomic E-state index is 10.3. The SMILES string of the molecule is [2H]OC(=O)COCCOCCN. The van der Waals surface area contributed by atoms with E-state index in [1.54, 1.807) is 0 Å². The van der Waals surface area contributed by atoms with Crippen molar-refractivity contribution in [2.75, 3.05) is 33.0 Å². The lowest BCUT2D eigenvalue weighted by Crippen LogP contribution is -2.14. The Kier molecular flexibility index (Phi) is 5.73. The predicted octanol–water partition coefficient (Wildman–Crippen LogP) is -0.937. The van der Waals surface area contributed by atoms with Crippen LogP contribution in [0.3, 0.4) is 0 Å². The summed E-state index contributed by atoms with van der Waals surface area (Å²) in [6.07, 6.45) is 0. The Hall–Kier alpha value is -0.650. The third-order valence-electron chi connectivity index (χ3n) is 0.854. The topological polar surface area (TPSA) is 81.8 Å². The predicted molar refractivity (Wildman–Crippen MR) is 38.3 cm³/mol. The highest BCUT2D eigenvalue weighted by atomic mass is 16.5. The molecule has 0 aliphatic rings. The molecule has 0 aliphatic carbocycles. The molecule has 5 heteroatoms. The molecule has 0 aromatic rings. The van der Waals surface area contributed by atoms with Crippen molar-refractivity contribution in [2.45, 2.75) is 0 Å². The fourth-order valence-corrected chi connectivity index (χ4v) is 0.459. The number of carbonyl (C=O) groups is 1. The summed E-state index contributed by atoms with van der Waals surface area (Å²) in [5.41, 5.74) is 5.15. The Morgan fingerprint density at radius 2 is 2.18 bits per heavy atom. The second kappa shape index (κ2) is 7.46. The monoisotopic (exact) mass is 164 g/mol. The molecule has 66 valence electrons. The van der Waals surface area contributed by atoms with Gasteiger partial charge < -0.3 is 20.3 Å². The second-order valence-electron chi connectivity index (χ2n) is 1.83. The first kappa shape index (κ1) is 8.45. The van der Waals surface area contributed by atoms with Gasteiger partial charge in [-0.05, 0) is 0 Å². The minimum Gasteiger partial charge on any atom is -0.480 e. The lowest BCUT2D eigenvalue weighted by Gasteiger charge is -2.01. The van der Waals surface area contributed by atoms with Gasteiger partial charge in [0.15, 0.2) is 0 Å². The van der Waals surface area contributed by atoms with E-state index in [1.807, 2.05) is 0 Å². The van der Waals surface area contributed by atoms with Gasteiger partial charge in [0.2, 0.25) is 0 Å². The van der Waals surface area contributed by atoms with E-state index in [1.165, 1.54) is 0 Å². The Bertz CT molecular complexity index is 122. The molecule has 0 spiro atoms. The number of nitrogens with two attached hydrogens (primary N) is 1. The van der Waals surface area contributed by atoms with Crippen LogP contribution in [-0.2, 0) is 14.3 Å². The van der Waals surface area contributed by atoms with Gasteiger partial charge in [-0.25, -0.2) is 4.79 Å². The maximum absolute atomic E-state index is 10.3. The maximum Gasteiger partial charge on any atom is 0.329 e. The average molecular weight is 164 g/mol. The Morgan fingerprint density at radius 1 is 1.45 bits per heavy atom. The van der Waals surface area contributed by atoms with Crippen molar-refractivity contribution >= 4 is 5.97 Å². The molecule has 0 saturated carbocycles. The largest absolute Gasteiger partial charge is 0.480 e. The van der Waals surface area contributed by atoms with Gasteiger partial charge in [0, 0.05) is 6.54 Å². The zero-order chi connectivity index (χ0) is 9.23. The van der Waals surface area contributed by atoms with Gasteiger partial charge in [-0.1, -0.05) is 0 Å². The van der Waals surface area contributed by atoms with Crippen LogP contribution in [0.15, 0.2) is 0 Å². The van der Waals surface area contributed by atoms with Crippen LogP contribution in [-0.4, -0.2) is 44.1 Å². The smallest absolute Gasteiger partial charge is 0.329 e. The molecule has 0 rings (SSSR count). The molecule has 3 N–H and O–H groups in total. The number of hydrogen-bond donors (Lipinski definition) is 2. The van der Waals surface area contributed by atoms with Gasteiger partial charge in [0.05, 0.1) is 19.8 Å². The molecule has 0 fully saturated rings. The van der Waals surface area contributed by atoms with E-state index < -0.39 is 5.97 Å². The van der Waals surface area contributed by atoms with Crippen LogP contribution in [0.5, 0.6) is 0 Å². The summed E-state index contributed by atoms with van der Waals surface area (Å²) in [5.74, 6) is -0.714. The Morgan fingerprint density at radius 3 is 2.82 bits per heavy atom. The van der Waals surface area contributed by atoms with Gasteiger partial charge in [-0.2, -0.15) is 0 Å². The molecule has 0 aliphatic heterocycles. The first-order valence-corrected chi connectivity index (χ1v) is 3.32. The van der Waals surface area contributed by atoms with Crippen molar-refractivity contribution in [3.05, 3.63) is 0 Å². The van der Waals surface area contributed by atoms with Crippen LogP contribution < -0.4 is 5.73 Å². The van der Waals surface area contributed by atoms with Crippen molar-refractivity contribution in [1.82, 2.24) is 0 Å². The highest BCUT2D eigenvalue weighted by Crippen LogP contribution is 1.77. The molecule has 11 heavy (non-hydrogen) atoms. The fraction of sp³-hybridized carbons (Fsp3) is 0.833. The number of ether oxygens (including phenoxy) is 2.